The Morgan fingerprint density at radius 1 is 1.15 bits per heavy atom. The Kier molecular flexibility index (Phi) is 5.38. The molecule has 144 valence electrons. The van der Waals surface area contributed by atoms with Crippen LogP contribution in [-0.2, 0) is 6.42 Å². The number of hydrogen-bond donors (Lipinski definition) is 2. The number of carbonyl (C=O) groups excluding carboxylic acids is 1. The van der Waals surface area contributed by atoms with Gasteiger partial charge in [0.25, 0.3) is 0 Å². The second-order valence-corrected chi connectivity index (χ2v) is 5.90. The van der Waals surface area contributed by atoms with Gasteiger partial charge in [-0.3, -0.25) is 0 Å². The largest absolute Gasteiger partial charge is 0.573 e. The maximum atomic E-state index is 13.7. The van der Waals surface area contributed by atoms with Crippen molar-refractivity contribution in [1.29, 1.82) is 0 Å². The van der Waals surface area contributed by atoms with E-state index in [-0.39, 0.29) is 18.0 Å². The van der Waals surface area contributed by atoms with E-state index >= 15 is 0 Å². The molecular weight excluding hydrogens is 366 g/mol. The number of halogens is 4. The van der Waals surface area contributed by atoms with Gasteiger partial charge < -0.3 is 20.3 Å². The molecule has 1 aliphatic heterocycles. The minimum atomic E-state index is -4.85. The molecule has 0 saturated carbocycles. The monoisotopic (exact) mass is 383 g/mol. The van der Waals surface area contributed by atoms with Crippen molar-refractivity contribution in [3.63, 3.8) is 0 Å². The minimum Gasteiger partial charge on any atom is -0.404 e. The van der Waals surface area contributed by atoms with Gasteiger partial charge in [0.15, 0.2) is 5.75 Å². The molecule has 2 aromatic rings. The maximum Gasteiger partial charge on any atom is 0.573 e. The van der Waals surface area contributed by atoms with E-state index in [4.69, 9.17) is 0 Å². The van der Waals surface area contributed by atoms with E-state index < -0.39 is 18.1 Å². The third kappa shape index (κ3) is 4.81. The molecule has 0 unspecified atom stereocenters. The Morgan fingerprint density at radius 3 is 2.70 bits per heavy atom. The summed E-state index contributed by atoms with van der Waals surface area (Å²) < 4.78 is 54.8. The van der Waals surface area contributed by atoms with Crippen LogP contribution in [0.4, 0.5) is 33.7 Å². The number of amides is 2. The van der Waals surface area contributed by atoms with Gasteiger partial charge in [-0.1, -0.05) is 18.2 Å². The number of fused-ring (bicyclic) bond motifs is 1. The van der Waals surface area contributed by atoms with Gasteiger partial charge in [0, 0.05) is 30.9 Å². The molecular formula is C18H17F4N3O2. The predicted octanol–water partition coefficient (Wildman–Crippen LogP) is 3.91. The van der Waals surface area contributed by atoms with Gasteiger partial charge in [0.1, 0.15) is 5.82 Å². The van der Waals surface area contributed by atoms with Crippen LogP contribution in [0.3, 0.4) is 0 Å². The molecule has 27 heavy (non-hydrogen) atoms. The summed E-state index contributed by atoms with van der Waals surface area (Å²) in [7, 11) is 0. The molecule has 9 heteroatoms. The average Bonchev–Trinajstić information content (AvgIpc) is 3.00. The minimum absolute atomic E-state index is 0.0964. The number of alkyl halides is 3. The van der Waals surface area contributed by atoms with E-state index in [1.807, 2.05) is 11.0 Å². The molecule has 2 aromatic carbocycles. The van der Waals surface area contributed by atoms with Crippen LogP contribution in [0.25, 0.3) is 0 Å². The highest BCUT2D eigenvalue weighted by Crippen LogP contribution is 2.30. The Hall–Kier alpha value is -2.97. The van der Waals surface area contributed by atoms with Crippen molar-refractivity contribution in [3.05, 3.63) is 53.8 Å². The number of hydrogen-bond acceptors (Lipinski definition) is 3. The van der Waals surface area contributed by atoms with Crippen molar-refractivity contribution in [2.24, 2.45) is 0 Å². The van der Waals surface area contributed by atoms with Crippen molar-refractivity contribution >= 4 is 17.4 Å². The van der Waals surface area contributed by atoms with E-state index in [9.17, 15) is 22.4 Å². The summed E-state index contributed by atoms with van der Waals surface area (Å²) in [5.41, 5.74) is 1.35. The van der Waals surface area contributed by atoms with E-state index in [0.717, 1.165) is 11.8 Å². The van der Waals surface area contributed by atoms with Crippen LogP contribution in [0.15, 0.2) is 42.5 Å². The second-order valence-electron chi connectivity index (χ2n) is 5.90. The molecule has 0 radical (unpaired) electrons. The van der Waals surface area contributed by atoms with Crippen molar-refractivity contribution in [1.82, 2.24) is 5.32 Å². The molecule has 2 amide bonds. The highest BCUT2D eigenvalue weighted by Gasteiger charge is 2.32. The number of urea groups is 1. The van der Waals surface area contributed by atoms with E-state index in [2.05, 4.69) is 15.4 Å². The van der Waals surface area contributed by atoms with Crippen LogP contribution in [0, 0.1) is 5.82 Å². The third-order valence-electron chi connectivity index (χ3n) is 4.09. The third-order valence-corrected chi connectivity index (χ3v) is 4.09. The molecule has 1 heterocycles. The van der Waals surface area contributed by atoms with Gasteiger partial charge in [0.05, 0.1) is 5.69 Å². The first-order chi connectivity index (χ1) is 12.8. The smallest absolute Gasteiger partial charge is 0.404 e. The SMILES string of the molecule is O=C(NCCN1CCc2c(F)cccc21)Nc1ccccc1OC(F)(F)F. The highest BCUT2D eigenvalue weighted by atomic mass is 19.4. The number of benzene rings is 2. The summed E-state index contributed by atoms with van der Waals surface area (Å²) in [4.78, 5) is 13.9. The molecule has 3 rings (SSSR count). The molecule has 1 aliphatic rings. The fourth-order valence-corrected chi connectivity index (χ4v) is 2.94. The number of nitrogens with zero attached hydrogens (tertiary/aromatic N) is 1. The Morgan fingerprint density at radius 2 is 1.93 bits per heavy atom. The Balaban J connectivity index is 1.53. The van der Waals surface area contributed by atoms with Gasteiger partial charge in [-0.25, -0.2) is 9.18 Å². The fraction of sp³-hybridized carbons (Fsp3) is 0.278. The molecule has 0 fully saturated rings. The van der Waals surface area contributed by atoms with Crippen molar-refractivity contribution < 1.29 is 27.1 Å². The van der Waals surface area contributed by atoms with E-state index in [1.54, 1.807) is 6.07 Å². The van der Waals surface area contributed by atoms with Crippen LogP contribution in [-0.4, -0.2) is 32.0 Å². The van der Waals surface area contributed by atoms with Gasteiger partial charge >= 0.3 is 12.4 Å². The lowest BCUT2D eigenvalue weighted by Crippen LogP contribution is -2.36. The molecule has 0 aromatic heterocycles. The van der Waals surface area contributed by atoms with Crippen molar-refractivity contribution in [2.75, 3.05) is 29.9 Å². The van der Waals surface area contributed by atoms with E-state index in [1.165, 1.54) is 24.3 Å². The molecule has 2 N–H and O–H groups in total. The molecule has 0 aliphatic carbocycles. The molecule has 0 saturated heterocycles. The standard InChI is InChI=1S/C18H17F4N3O2/c19-13-4-3-6-15-12(13)8-10-25(15)11-9-23-17(26)24-14-5-1-2-7-16(14)27-18(20,21)22/h1-7H,8-11H2,(H2,23,24,26). The van der Waals surface area contributed by atoms with Crippen molar-refractivity contribution in [2.45, 2.75) is 12.8 Å². The first-order valence-corrected chi connectivity index (χ1v) is 8.25. The summed E-state index contributed by atoms with van der Waals surface area (Å²) in [5, 5.41) is 4.90. The average molecular weight is 383 g/mol. The molecule has 0 spiro atoms. The zero-order chi connectivity index (χ0) is 19.4. The summed E-state index contributed by atoms with van der Waals surface area (Å²) in [6, 6.07) is 9.46. The summed E-state index contributed by atoms with van der Waals surface area (Å²) in [6.07, 6.45) is -4.26. The number of ether oxygens (including phenoxy) is 1. The zero-order valence-electron chi connectivity index (χ0n) is 14.1. The topological polar surface area (TPSA) is 53.6 Å². The number of rotatable bonds is 5. The van der Waals surface area contributed by atoms with Crippen LogP contribution >= 0.6 is 0 Å². The summed E-state index contributed by atoms with van der Waals surface area (Å²) in [5.74, 6) is -0.744. The van der Waals surface area contributed by atoms with Gasteiger partial charge in [0.2, 0.25) is 0 Å². The number of anilines is 2. The number of para-hydroxylation sites is 2. The maximum absolute atomic E-state index is 13.7. The normalized spacial score (nSPS) is 13.3. The van der Waals surface area contributed by atoms with Crippen LogP contribution in [0.2, 0.25) is 0 Å². The predicted molar refractivity (Wildman–Crippen MR) is 92.5 cm³/mol. The quantitative estimate of drug-likeness (QED) is 0.770. The highest BCUT2D eigenvalue weighted by molar-refractivity contribution is 5.90. The molecule has 5 nitrogen and oxygen atoms in total. The first-order valence-electron chi connectivity index (χ1n) is 8.25. The summed E-state index contributed by atoms with van der Waals surface area (Å²) in [6.45, 7) is 1.33. The molecule has 0 atom stereocenters. The lowest BCUT2D eigenvalue weighted by atomic mass is 10.1. The lowest BCUT2D eigenvalue weighted by Gasteiger charge is -2.20. The lowest BCUT2D eigenvalue weighted by molar-refractivity contribution is -0.274. The first kappa shape index (κ1) is 18.8. The number of nitrogens with one attached hydrogen (secondary N) is 2. The van der Waals surface area contributed by atoms with Crippen LogP contribution in [0.5, 0.6) is 5.75 Å². The summed E-state index contributed by atoms with van der Waals surface area (Å²) >= 11 is 0. The Bertz CT molecular complexity index is 826. The Labute approximate surface area is 152 Å². The van der Waals surface area contributed by atoms with E-state index in [0.29, 0.717) is 25.1 Å². The van der Waals surface area contributed by atoms with Gasteiger partial charge in [-0.2, -0.15) is 0 Å². The second kappa shape index (κ2) is 7.73. The van der Waals surface area contributed by atoms with Crippen LogP contribution in [0.1, 0.15) is 5.56 Å². The van der Waals surface area contributed by atoms with Gasteiger partial charge in [-0.15, -0.1) is 13.2 Å². The molecule has 0 bridgehead atoms. The van der Waals surface area contributed by atoms with Gasteiger partial charge in [-0.05, 0) is 30.7 Å². The fourth-order valence-electron chi connectivity index (χ4n) is 2.94. The van der Waals surface area contributed by atoms with Crippen LogP contribution < -0.4 is 20.3 Å². The zero-order valence-corrected chi connectivity index (χ0v) is 14.1. The number of carbonyl (C=O) groups is 1. The van der Waals surface area contributed by atoms with Crippen molar-refractivity contribution in [3.8, 4) is 5.75 Å².